The van der Waals surface area contributed by atoms with Crippen LogP contribution in [-0.2, 0) is 30.3 Å². The number of ether oxygens (including phenoxy) is 1. The molecule has 6 N–H and O–H groups in total. The Morgan fingerprint density at radius 1 is 0.843 bits per heavy atom. The zero-order valence-corrected chi connectivity index (χ0v) is 31.1. The van der Waals surface area contributed by atoms with Crippen LogP contribution in [0, 0.1) is 0 Å². The number of esters is 1. The molecule has 0 aliphatic heterocycles. The number of halogens is 2. The van der Waals surface area contributed by atoms with Crippen molar-refractivity contribution in [1.29, 1.82) is 0 Å². The minimum absolute atomic E-state index is 0.127. The number of hydrazine groups is 1. The SMILES string of the molecule is CCC(=O)c1sc(-c2ccc(Cl)cc2)cc1CC.CCO.CCOC(=O)c1n[nH]c(=O)c2cc(-c3ccc(Cl)cc3)sc12.NN.O=C=O.O=C=O. The van der Waals surface area contributed by atoms with Crippen LogP contribution in [0.4, 0.5) is 0 Å². The van der Waals surface area contributed by atoms with Crippen LogP contribution < -0.4 is 17.2 Å². The highest BCUT2D eigenvalue weighted by molar-refractivity contribution is 7.22. The third-order valence-electron chi connectivity index (χ3n) is 5.95. The van der Waals surface area contributed by atoms with E-state index in [9.17, 15) is 14.4 Å². The molecule has 0 amide bonds. The van der Waals surface area contributed by atoms with Gasteiger partial charge in [-0.3, -0.25) is 21.3 Å². The molecule has 51 heavy (non-hydrogen) atoms. The highest BCUT2D eigenvalue weighted by atomic mass is 35.5. The number of carbonyl (C=O) groups excluding carboxylic acids is 6. The Morgan fingerprint density at radius 3 is 1.71 bits per heavy atom. The van der Waals surface area contributed by atoms with Gasteiger partial charge < -0.3 is 9.84 Å². The lowest BCUT2D eigenvalue weighted by atomic mass is 10.1. The molecule has 0 unspecified atom stereocenters. The number of H-pyrrole nitrogens is 1. The van der Waals surface area contributed by atoms with E-state index in [0.717, 1.165) is 42.8 Å². The number of nitrogens with two attached hydrogens (primary N) is 2. The van der Waals surface area contributed by atoms with Crippen molar-refractivity contribution < 1.29 is 38.6 Å². The van der Waals surface area contributed by atoms with Crippen LogP contribution in [0.1, 0.15) is 59.8 Å². The van der Waals surface area contributed by atoms with Crippen molar-refractivity contribution in [2.45, 2.75) is 40.5 Å². The first kappa shape index (κ1) is 46.3. The Hall–Kier alpha value is -4.66. The van der Waals surface area contributed by atoms with Gasteiger partial charge in [0.1, 0.15) is 0 Å². The van der Waals surface area contributed by atoms with E-state index in [1.807, 2.05) is 43.3 Å². The lowest BCUT2D eigenvalue weighted by Crippen LogP contribution is -2.14. The molecule has 0 aliphatic carbocycles. The van der Waals surface area contributed by atoms with E-state index in [1.54, 1.807) is 43.4 Å². The van der Waals surface area contributed by atoms with Crippen molar-refractivity contribution in [1.82, 2.24) is 10.2 Å². The summed E-state index contributed by atoms with van der Waals surface area (Å²) in [6.45, 7) is 7.88. The summed E-state index contributed by atoms with van der Waals surface area (Å²) in [5.41, 5.74) is 2.98. The van der Waals surface area contributed by atoms with Crippen LogP contribution >= 0.6 is 45.9 Å². The second-order valence-electron chi connectivity index (χ2n) is 9.07. The van der Waals surface area contributed by atoms with Crippen molar-refractivity contribution in [3.8, 4) is 20.9 Å². The molecule has 0 bridgehead atoms. The number of nitrogens with one attached hydrogen (secondary N) is 1. The Labute approximate surface area is 311 Å². The standard InChI is InChI=1S/C15H11ClN2O3S.C15H15ClOS.C2H6O.2CO2.H4N2/c1-2-21-15(20)12-13-10(14(19)18-17-12)7-11(22-13)8-3-5-9(16)6-4-8;1-3-10-9-14(18-15(10)13(17)4-2)11-5-7-12(16)8-6-11;1-2-3;2*2-1-3;1-2/h3-7H,2H2,1H3,(H,18,19);5-9H,3-4H2,1-2H3;3H,2H2,1H3;;;1-2H2. The maximum atomic E-state index is 11.9. The molecule has 0 radical (unpaired) electrons. The summed E-state index contributed by atoms with van der Waals surface area (Å²) in [5, 5.41) is 15.5. The maximum Gasteiger partial charge on any atom is 0.373 e. The first-order chi connectivity index (χ1) is 24.5. The van der Waals surface area contributed by atoms with Crippen LogP contribution in [0.15, 0.2) is 65.5 Å². The lowest BCUT2D eigenvalue weighted by Gasteiger charge is -2.00. The van der Waals surface area contributed by atoms with Crippen LogP contribution in [-0.4, -0.2) is 52.6 Å². The summed E-state index contributed by atoms with van der Waals surface area (Å²) in [6, 6.07) is 18.9. The number of aryl methyl sites for hydroxylation is 1. The molecule has 0 fully saturated rings. The molecule has 3 aromatic heterocycles. The molecule has 2 aromatic carbocycles. The van der Waals surface area contributed by atoms with Crippen molar-refractivity contribution >= 4 is 80.0 Å². The number of rotatable bonds is 7. The molecule has 0 aliphatic rings. The summed E-state index contributed by atoms with van der Waals surface area (Å²) in [4.78, 5) is 71.2. The summed E-state index contributed by atoms with van der Waals surface area (Å²) in [6.07, 6.45) is 1.96. The fraction of sp³-hybridized carbons (Fsp3) is 0.235. The van der Waals surface area contributed by atoms with Gasteiger partial charge in [0, 0.05) is 32.8 Å². The molecule has 17 heteroatoms. The van der Waals surface area contributed by atoms with Gasteiger partial charge in [-0.1, -0.05) is 61.3 Å². The van der Waals surface area contributed by atoms with Crippen molar-refractivity contribution in [2.24, 2.45) is 11.7 Å². The van der Waals surface area contributed by atoms with Crippen LogP contribution in [0.25, 0.3) is 31.0 Å². The average Bonchev–Trinajstić information content (AvgIpc) is 3.77. The number of carbonyl (C=O) groups is 2. The number of aliphatic hydroxyl groups is 1. The van der Waals surface area contributed by atoms with Gasteiger partial charge in [-0.2, -0.15) is 24.3 Å². The van der Waals surface area contributed by atoms with E-state index in [2.05, 4.69) is 34.9 Å². The third-order valence-corrected chi connectivity index (χ3v) is 8.91. The molecule has 0 saturated heterocycles. The number of aromatic amines is 1. The summed E-state index contributed by atoms with van der Waals surface area (Å²) in [7, 11) is 0. The largest absolute Gasteiger partial charge is 0.461 e. The molecule has 0 spiro atoms. The normalized spacial score (nSPS) is 9.20. The third kappa shape index (κ3) is 15.0. The van der Waals surface area contributed by atoms with E-state index in [0.29, 0.717) is 21.5 Å². The number of nitrogens with zero attached hydrogens (tertiary/aromatic N) is 1. The fourth-order valence-electron chi connectivity index (χ4n) is 3.89. The fourth-order valence-corrected chi connectivity index (χ4v) is 6.55. The van der Waals surface area contributed by atoms with Crippen molar-refractivity contribution in [3.05, 3.63) is 97.2 Å². The number of hydrogen-bond donors (Lipinski definition) is 4. The van der Waals surface area contributed by atoms with Gasteiger partial charge >= 0.3 is 18.3 Å². The van der Waals surface area contributed by atoms with E-state index in [-0.39, 0.29) is 42.6 Å². The Morgan fingerprint density at radius 2 is 1.29 bits per heavy atom. The lowest BCUT2D eigenvalue weighted by molar-refractivity contribution is -0.193. The highest BCUT2D eigenvalue weighted by Crippen LogP contribution is 2.35. The van der Waals surface area contributed by atoms with Gasteiger partial charge in [-0.15, -0.1) is 22.7 Å². The minimum Gasteiger partial charge on any atom is -0.461 e. The molecule has 5 rings (SSSR count). The molecule has 0 atom stereocenters. The monoisotopic (exact) mass is 778 g/mol. The molecular weight excluding hydrogens is 743 g/mol. The smallest absolute Gasteiger partial charge is 0.373 e. The van der Waals surface area contributed by atoms with Gasteiger partial charge in [0.15, 0.2) is 11.5 Å². The van der Waals surface area contributed by atoms with Gasteiger partial charge in [0.2, 0.25) is 0 Å². The van der Waals surface area contributed by atoms with E-state index in [1.165, 1.54) is 11.3 Å². The van der Waals surface area contributed by atoms with E-state index in [4.69, 9.17) is 52.2 Å². The van der Waals surface area contributed by atoms with E-state index < -0.39 is 5.97 Å². The summed E-state index contributed by atoms with van der Waals surface area (Å²) in [5.74, 6) is 7.69. The number of aromatic nitrogens is 2. The van der Waals surface area contributed by atoms with Gasteiger partial charge in [-0.05, 0) is 73.4 Å². The minimum atomic E-state index is -0.548. The number of hydrogen-bond acceptors (Lipinski definition) is 14. The second kappa shape index (κ2) is 26.2. The highest BCUT2D eigenvalue weighted by Gasteiger charge is 2.19. The first-order valence-electron chi connectivity index (χ1n) is 14.8. The molecule has 13 nitrogen and oxygen atoms in total. The molecule has 272 valence electrons. The molecule has 5 aromatic rings. The maximum absolute atomic E-state index is 11.9. The van der Waals surface area contributed by atoms with Gasteiger partial charge in [0.25, 0.3) is 5.56 Å². The average molecular weight is 780 g/mol. The quantitative estimate of drug-likeness (QED) is 0.0613. The van der Waals surface area contributed by atoms with Crippen molar-refractivity contribution in [3.63, 3.8) is 0 Å². The predicted molar refractivity (Wildman–Crippen MR) is 197 cm³/mol. The van der Waals surface area contributed by atoms with E-state index >= 15 is 0 Å². The number of fused-ring (bicyclic) bond motifs is 1. The molecular formula is C34H36Cl2N4O9S2. The van der Waals surface area contributed by atoms with Gasteiger partial charge in [-0.25, -0.2) is 9.89 Å². The predicted octanol–water partition coefficient (Wildman–Crippen LogP) is 6.36. The Bertz CT molecular complexity index is 1920. The topological polar surface area (TPSA) is 230 Å². The Balaban J connectivity index is 0.000000774. The van der Waals surface area contributed by atoms with Crippen LogP contribution in [0.3, 0.4) is 0 Å². The zero-order chi connectivity index (χ0) is 38.9. The summed E-state index contributed by atoms with van der Waals surface area (Å²) >= 11 is 14.7. The zero-order valence-electron chi connectivity index (χ0n) is 28.0. The first-order valence-corrected chi connectivity index (χ1v) is 17.2. The van der Waals surface area contributed by atoms with Crippen molar-refractivity contribution in [2.75, 3.05) is 13.2 Å². The molecule has 0 saturated carbocycles. The number of aliphatic hydroxyl groups excluding tert-OH is 1. The number of benzene rings is 2. The number of thiophene rings is 2. The Kier molecular flexibility index (Phi) is 23.8. The van der Waals surface area contributed by atoms with Gasteiger partial charge in [0.05, 0.1) is 21.6 Å². The number of Topliss-reactive ketones (excluding diaryl/α,β-unsaturated/α-hetero) is 1. The molecule has 3 heterocycles. The number of ketones is 1. The second-order valence-corrected chi connectivity index (χ2v) is 12.0. The van der Waals surface area contributed by atoms with Crippen LogP contribution in [0.5, 0.6) is 0 Å². The summed E-state index contributed by atoms with van der Waals surface area (Å²) < 4.78 is 5.49. The van der Waals surface area contributed by atoms with Crippen LogP contribution in [0.2, 0.25) is 10.0 Å².